The van der Waals surface area contributed by atoms with Crippen LogP contribution >= 0.6 is 0 Å². The third kappa shape index (κ3) is 3.07. The van der Waals surface area contributed by atoms with Crippen LogP contribution in [0, 0.1) is 5.92 Å². The van der Waals surface area contributed by atoms with Crippen molar-refractivity contribution in [1.82, 2.24) is 0 Å². The summed E-state index contributed by atoms with van der Waals surface area (Å²) in [7, 11) is 0. The molecule has 2 N–H and O–H groups in total. The van der Waals surface area contributed by atoms with E-state index >= 15 is 0 Å². The minimum Gasteiger partial charge on any atom is -0.459 e. The number of ether oxygens (including phenoxy) is 2. The van der Waals surface area contributed by atoms with E-state index in [-0.39, 0.29) is 6.61 Å². The lowest BCUT2D eigenvalue weighted by Gasteiger charge is -2.19. The number of esters is 1. The van der Waals surface area contributed by atoms with Gasteiger partial charge in [-0.05, 0) is 18.6 Å². The van der Waals surface area contributed by atoms with Gasteiger partial charge in [0.25, 0.3) is 0 Å². The predicted molar refractivity (Wildman–Crippen MR) is 62.8 cm³/mol. The van der Waals surface area contributed by atoms with Crippen molar-refractivity contribution >= 4 is 5.97 Å². The lowest BCUT2D eigenvalue weighted by atomic mass is 10.0. The highest BCUT2D eigenvalue weighted by molar-refractivity contribution is 5.89. The van der Waals surface area contributed by atoms with Gasteiger partial charge in [0.1, 0.15) is 6.61 Å². The molecule has 1 aromatic carbocycles. The fourth-order valence-corrected chi connectivity index (χ4v) is 1.92. The third-order valence-corrected chi connectivity index (χ3v) is 2.99. The smallest absolute Gasteiger partial charge is 0.338 e. The maximum absolute atomic E-state index is 11.6. The van der Waals surface area contributed by atoms with E-state index in [9.17, 15) is 15.0 Å². The molecular weight excluding hydrogens is 236 g/mol. The monoisotopic (exact) mass is 252 g/mol. The Hall–Kier alpha value is -1.43. The molecule has 1 unspecified atom stereocenters. The van der Waals surface area contributed by atoms with Crippen molar-refractivity contribution in [2.75, 3.05) is 13.2 Å². The minimum absolute atomic E-state index is 0.140. The Morgan fingerprint density at radius 2 is 2.17 bits per heavy atom. The highest BCUT2D eigenvalue weighted by Crippen LogP contribution is 2.22. The van der Waals surface area contributed by atoms with Crippen molar-refractivity contribution in [1.29, 1.82) is 0 Å². The van der Waals surface area contributed by atoms with Gasteiger partial charge in [-0.1, -0.05) is 18.2 Å². The summed E-state index contributed by atoms with van der Waals surface area (Å²) in [5.74, 6) is -0.878. The van der Waals surface area contributed by atoms with E-state index in [2.05, 4.69) is 0 Å². The molecule has 3 atom stereocenters. The molecule has 1 aromatic rings. The second kappa shape index (κ2) is 5.95. The maximum atomic E-state index is 11.6. The molecule has 1 aliphatic rings. The van der Waals surface area contributed by atoms with Crippen LogP contribution in [0.25, 0.3) is 0 Å². The second-order valence-electron chi connectivity index (χ2n) is 4.25. The number of hydrogen-bond donors (Lipinski definition) is 2. The zero-order valence-electron chi connectivity index (χ0n) is 9.86. The Morgan fingerprint density at radius 1 is 1.44 bits per heavy atom. The summed E-state index contributed by atoms with van der Waals surface area (Å²) < 4.78 is 9.93. The number of carbonyl (C=O) groups is 1. The first kappa shape index (κ1) is 13.0. The molecule has 1 heterocycles. The zero-order chi connectivity index (χ0) is 13.0. The molecule has 98 valence electrons. The fourth-order valence-electron chi connectivity index (χ4n) is 1.92. The normalized spacial score (nSPS) is 24.8. The molecule has 0 aliphatic carbocycles. The average molecular weight is 252 g/mol. The quantitative estimate of drug-likeness (QED) is 0.766. The summed E-state index contributed by atoms with van der Waals surface area (Å²) in [6.07, 6.45) is -1.32. The van der Waals surface area contributed by atoms with E-state index < -0.39 is 24.3 Å². The summed E-state index contributed by atoms with van der Waals surface area (Å²) in [6, 6.07) is 8.56. The Kier molecular flexibility index (Phi) is 4.30. The van der Waals surface area contributed by atoms with Gasteiger partial charge in [0.2, 0.25) is 0 Å². The van der Waals surface area contributed by atoms with E-state index in [4.69, 9.17) is 9.47 Å². The van der Waals surface area contributed by atoms with Crippen molar-refractivity contribution in [2.45, 2.75) is 18.8 Å². The van der Waals surface area contributed by atoms with Crippen LogP contribution in [0.3, 0.4) is 0 Å². The molecule has 5 nitrogen and oxygen atoms in total. The van der Waals surface area contributed by atoms with Gasteiger partial charge in [0.15, 0.2) is 6.29 Å². The van der Waals surface area contributed by atoms with Gasteiger partial charge < -0.3 is 19.7 Å². The molecule has 0 saturated carbocycles. The average Bonchev–Trinajstić information content (AvgIpc) is 2.83. The summed E-state index contributed by atoms with van der Waals surface area (Å²) >= 11 is 0. The zero-order valence-corrected chi connectivity index (χ0v) is 9.86. The van der Waals surface area contributed by atoms with Gasteiger partial charge >= 0.3 is 5.97 Å². The third-order valence-electron chi connectivity index (χ3n) is 2.99. The first-order valence-electron chi connectivity index (χ1n) is 5.88. The van der Waals surface area contributed by atoms with Crippen molar-refractivity contribution in [3.8, 4) is 0 Å². The summed E-state index contributed by atoms with van der Waals surface area (Å²) in [6.45, 7) is 0.272. The molecule has 0 radical (unpaired) electrons. The van der Waals surface area contributed by atoms with Crippen LogP contribution < -0.4 is 0 Å². The van der Waals surface area contributed by atoms with Gasteiger partial charge in [-0.3, -0.25) is 0 Å². The van der Waals surface area contributed by atoms with E-state index in [1.54, 1.807) is 30.3 Å². The number of hydrogen-bond acceptors (Lipinski definition) is 5. The van der Waals surface area contributed by atoms with Crippen LogP contribution in [0.5, 0.6) is 0 Å². The molecule has 5 heteroatoms. The molecule has 0 bridgehead atoms. The number of carbonyl (C=O) groups excluding carboxylic acids is 1. The number of aliphatic hydroxyl groups excluding tert-OH is 2. The molecule has 0 spiro atoms. The lowest BCUT2D eigenvalue weighted by molar-refractivity contribution is -0.113. The Labute approximate surface area is 105 Å². The fraction of sp³-hybridized carbons (Fsp3) is 0.462. The van der Waals surface area contributed by atoms with Crippen molar-refractivity contribution in [3.63, 3.8) is 0 Å². The molecule has 1 fully saturated rings. The van der Waals surface area contributed by atoms with Gasteiger partial charge in [-0.25, -0.2) is 4.79 Å². The highest BCUT2D eigenvalue weighted by Gasteiger charge is 2.33. The van der Waals surface area contributed by atoms with Crippen LogP contribution in [-0.4, -0.2) is 41.8 Å². The highest BCUT2D eigenvalue weighted by atomic mass is 16.6. The van der Waals surface area contributed by atoms with Crippen LogP contribution in [0.4, 0.5) is 0 Å². The molecular formula is C13H16O5. The Balaban J connectivity index is 1.83. The van der Waals surface area contributed by atoms with E-state index in [1.165, 1.54) is 0 Å². The first-order chi connectivity index (χ1) is 8.68. The standard InChI is InChI=1S/C13H16O5/c14-11(10-6-7-17-13(10)16)8-18-12(15)9-4-2-1-3-5-9/h1-5,10-11,13-14,16H,6-8H2/t10-,11-,13?/m0/s1. The Bertz CT molecular complexity index is 392. The van der Waals surface area contributed by atoms with Crippen LogP contribution in [0.2, 0.25) is 0 Å². The van der Waals surface area contributed by atoms with Gasteiger partial charge in [0.05, 0.1) is 18.3 Å². The largest absolute Gasteiger partial charge is 0.459 e. The van der Waals surface area contributed by atoms with E-state index in [0.29, 0.717) is 18.6 Å². The molecule has 1 aliphatic heterocycles. The molecule has 0 amide bonds. The van der Waals surface area contributed by atoms with Crippen LogP contribution in [-0.2, 0) is 9.47 Å². The summed E-state index contributed by atoms with van der Waals surface area (Å²) in [5.41, 5.74) is 0.438. The van der Waals surface area contributed by atoms with Gasteiger partial charge in [-0.15, -0.1) is 0 Å². The molecule has 18 heavy (non-hydrogen) atoms. The van der Waals surface area contributed by atoms with E-state index in [1.807, 2.05) is 0 Å². The maximum Gasteiger partial charge on any atom is 0.338 e. The van der Waals surface area contributed by atoms with Crippen molar-refractivity contribution in [2.24, 2.45) is 5.92 Å². The second-order valence-corrected chi connectivity index (χ2v) is 4.25. The number of benzene rings is 1. The molecule has 0 aromatic heterocycles. The minimum atomic E-state index is -0.976. The molecule has 2 rings (SSSR count). The van der Waals surface area contributed by atoms with Crippen molar-refractivity contribution in [3.05, 3.63) is 35.9 Å². The summed E-state index contributed by atoms with van der Waals surface area (Å²) in [5, 5.41) is 19.2. The first-order valence-corrected chi connectivity index (χ1v) is 5.88. The van der Waals surface area contributed by atoms with Gasteiger partial charge in [-0.2, -0.15) is 0 Å². The van der Waals surface area contributed by atoms with Gasteiger partial charge in [0, 0.05) is 5.92 Å². The van der Waals surface area contributed by atoms with Crippen LogP contribution in [0.15, 0.2) is 30.3 Å². The van der Waals surface area contributed by atoms with E-state index in [0.717, 1.165) is 0 Å². The lowest BCUT2D eigenvalue weighted by Crippen LogP contribution is -2.32. The predicted octanol–water partition coefficient (Wildman–Crippen LogP) is 0.559. The summed E-state index contributed by atoms with van der Waals surface area (Å²) in [4.78, 5) is 11.6. The molecule has 1 saturated heterocycles. The number of rotatable bonds is 4. The SMILES string of the molecule is O=C(OC[C@H](O)[C@@H]1CCOC1O)c1ccccc1. The van der Waals surface area contributed by atoms with Crippen molar-refractivity contribution < 1.29 is 24.5 Å². The topological polar surface area (TPSA) is 76.0 Å². The Morgan fingerprint density at radius 3 is 2.78 bits per heavy atom. The van der Waals surface area contributed by atoms with Crippen LogP contribution in [0.1, 0.15) is 16.8 Å². The number of aliphatic hydroxyl groups is 2.